The average molecular weight is 595 g/mol. The van der Waals surface area contributed by atoms with E-state index in [1.165, 1.54) is 44.9 Å². The van der Waals surface area contributed by atoms with Crippen LogP contribution < -0.4 is 0 Å². The van der Waals surface area contributed by atoms with Crippen LogP contribution in [-0.2, 0) is 14.2 Å². The molecule has 4 aliphatic carbocycles. The molecule has 1 aromatic carbocycles. The number of carbonyl (C=O) groups is 1. The second-order valence-electron chi connectivity index (χ2n) is 16.4. The molecule has 0 N–H and O–H groups in total. The van der Waals surface area contributed by atoms with Crippen molar-refractivity contribution >= 4 is 14.3 Å². The summed E-state index contributed by atoms with van der Waals surface area (Å²) in [6.45, 7) is 18.9. The molecule has 3 fully saturated rings. The number of fused-ring (bicyclic) bond motifs is 5. The van der Waals surface area contributed by atoms with Gasteiger partial charge in [0.1, 0.15) is 11.7 Å². The van der Waals surface area contributed by atoms with Crippen LogP contribution in [0.15, 0.2) is 42.5 Å². The molecule has 0 bridgehead atoms. The normalized spacial score (nSPS) is 38.5. The smallest absolute Gasteiger partial charge is 0.338 e. The van der Waals surface area contributed by atoms with Crippen LogP contribution in [0.2, 0.25) is 19.6 Å². The minimum Gasteiger partial charge on any atom is -0.459 e. The third-order valence-electron chi connectivity index (χ3n) is 12.1. The summed E-state index contributed by atoms with van der Waals surface area (Å²) in [7, 11) is -1.94. The molecule has 0 radical (unpaired) electrons. The fourth-order valence-corrected chi connectivity index (χ4v) is 10.3. The maximum atomic E-state index is 13.0. The third-order valence-corrected chi connectivity index (χ3v) is 12.7. The summed E-state index contributed by atoms with van der Waals surface area (Å²) in [6.07, 6.45) is 16.7. The lowest BCUT2D eigenvalue weighted by Crippen LogP contribution is -2.62. The van der Waals surface area contributed by atoms with Gasteiger partial charge in [0.15, 0.2) is 0 Å². The molecule has 1 aromatic rings. The Kier molecular flexibility index (Phi) is 9.26. The zero-order valence-electron chi connectivity index (χ0n) is 27.8. The van der Waals surface area contributed by atoms with Crippen molar-refractivity contribution in [3.8, 4) is 0 Å². The molecule has 0 spiro atoms. The maximum Gasteiger partial charge on any atom is 0.338 e. The van der Waals surface area contributed by atoms with Gasteiger partial charge < -0.3 is 4.74 Å². The second-order valence-corrected chi connectivity index (χ2v) is 20.8. The molecule has 42 heavy (non-hydrogen) atoms. The first-order valence-electron chi connectivity index (χ1n) is 17.1. The number of hydrogen-bond donors (Lipinski definition) is 0. The number of allylic oxidation sites excluding steroid dienone is 1. The Morgan fingerprint density at radius 3 is 2.38 bits per heavy atom. The molecule has 5 rings (SSSR count). The van der Waals surface area contributed by atoms with Crippen LogP contribution in [-0.4, -0.2) is 26.0 Å². The van der Waals surface area contributed by atoms with Gasteiger partial charge in [0.25, 0.3) is 0 Å². The molecule has 0 saturated heterocycles. The quantitative estimate of drug-likeness (QED) is 0.0889. The zero-order valence-corrected chi connectivity index (χ0v) is 28.8. The summed E-state index contributed by atoms with van der Waals surface area (Å²) in [5.41, 5.74) is 0.407. The van der Waals surface area contributed by atoms with Crippen molar-refractivity contribution in [2.24, 2.45) is 46.3 Å². The molecule has 0 heterocycles. The van der Waals surface area contributed by atoms with E-state index in [1.54, 1.807) is 0 Å². The van der Waals surface area contributed by atoms with E-state index < -0.39 is 13.9 Å². The van der Waals surface area contributed by atoms with Crippen LogP contribution in [0.4, 0.5) is 0 Å². The minimum atomic E-state index is -1.94. The van der Waals surface area contributed by atoms with Gasteiger partial charge in [-0.3, -0.25) is 4.58 Å². The summed E-state index contributed by atoms with van der Waals surface area (Å²) < 4.78 is 12.4. The van der Waals surface area contributed by atoms with Crippen molar-refractivity contribution < 1.29 is 19.0 Å². The number of benzene rings is 1. The van der Waals surface area contributed by atoms with E-state index in [2.05, 4.69) is 66.4 Å². The van der Waals surface area contributed by atoms with Crippen LogP contribution in [0, 0.1) is 46.3 Å². The fourth-order valence-electron chi connectivity index (χ4n) is 9.85. The molecule has 3 saturated carbocycles. The molecule has 0 aliphatic heterocycles. The van der Waals surface area contributed by atoms with Gasteiger partial charge in [-0.05, 0) is 111 Å². The molecule has 0 amide bonds. The van der Waals surface area contributed by atoms with Gasteiger partial charge in [-0.25, -0.2) is 9.68 Å². The van der Waals surface area contributed by atoms with Crippen molar-refractivity contribution in [2.75, 3.05) is 0 Å². The zero-order chi connectivity index (χ0) is 30.3. The number of carbonyl (C=O) groups excluding carboxylic acids is 1. The molecule has 4 aliphatic rings. The van der Waals surface area contributed by atoms with Gasteiger partial charge in [0, 0.05) is 11.8 Å². The van der Waals surface area contributed by atoms with E-state index in [9.17, 15) is 4.79 Å². The molecular weight excluding hydrogens is 536 g/mol. The monoisotopic (exact) mass is 594 g/mol. The molecule has 0 unspecified atom stereocenters. The summed E-state index contributed by atoms with van der Waals surface area (Å²) in [4.78, 5) is 19.7. The largest absolute Gasteiger partial charge is 0.459 e. The Bertz CT molecular complexity index is 1110. The second kappa shape index (κ2) is 12.2. The van der Waals surface area contributed by atoms with Crippen molar-refractivity contribution in [3.63, 3.8) is 0 Å². The lowest BCUT2D eigenvalue weighted by molar-refractivity contribution is -0.343. The lowest BCUT2D eigenvalue weighted by atomic mass is 9.45. The van der Waals surface area contributed by atoms with Crippen LogP contribution in [0.3, 0.4) is 0 Å². The van der Waals surface area contributed by atoms with E-state index in [0.29, 0.717) is 29.2 Å². The van der Waals surface area contributed by atoms with Crippen molar-refractivity contribution in [1.82, 2.24) is 0 Å². The van der Waals surface area contributed by atoms with Crippen LogP contribution in [0.5, 0.6) is 0 Å². The van der Waals surface area contributed by atoms with Gasteiger partial charge >= 0.3 is 5.97 Å². The van der Waals surface area contributed by atoms with Gasteiger partial charge in [-0.1, -0.05) is 84.2 Å². The first-order chi connectivity index (χ1) is 19.8. The van der Waals surface area contributed by atoms with Crippen LogP contribution in [0.25, 0.3) is 0 Å². The van der Waals surface area contributed by atoms with E-state index in [0.717, 1.165) is 36.5 Å². The predicted octanol–water partition coefficient (Wildman–Crippen LogP) is 10.0. The molecule has 9 atom stereocenters. The molecule has 4 nitrogen and oxygen atoms in total. The Morgan fingerprint density at radius 2 is 1.69 bits per heavy atom. The van der Waals surface area contributed by atoms with E-state index in [-0.39, 0.29) is 17.5 Å². The highest BCUT2D eigenvalue weighted by atomic mass is 28.4. The first kappa shape index (κ1) is 32.0. The maximum absolute atomic E-state index is 13.0. The Morgan fingerprint density at radius 1 is 0.952 bits per heavy atom. The summed E-state index contributed by atoms with van der Waals surface area (Å²) in [5, 5.41) is 0. The highest BCUT2D eigenvalue weighted by molar-refractivity contribution is 6.69. The van der Waals surface area contributed by atoms with Crippen molar-refractivity contribution in [2.45, 2.75) is 130 Å². The van der Waals surface area contributed by atoms with Crippen molar-refractivity contribution in [1.29, 1.82) is 0 Å². The number of rotatable bonds is 10. The van der Waals surface area contributed by atoms with Gasteiger partial charge in [0.05, 0.1) is 5.56 Å². The molecule has 5 heteroatoms. The Labute approximate surface area is 257 Å². The fraction of sp³-hybridized carbons (Fsp3) is 0.757. The minimum absolute atomic E-state index is 0.0516. The summed E-state index contributed by atoms with van der Waals surface area (Å²) in [5.74, 6) is 4.10. The molecule has 0 aromatic heterocycles. The number of ether oxygens (including phenoxy) is 1. The Hall–Kier alpha value is -1.43. The SMILES string of the molecule is CC(C)CCC[C@@H](C)[C@H]1CC[C@H]2[C@@H]3C=C[C@@]4(OO[Si](C)(C)C)C[C@@H](OC(=O)c5ccccc5)CC[C@]4(C)[C@H]3CC[C@]12C. The van der Waals surface area contributed by atoms with E-state index >= 15 is 0 Å². The van der Waals surface area contributed by atoms with Crippen LogP contribution >= 0.6 is 0 Å². The first-order valence-corrected chi connectivity index (χ1v) is 20.5. The summed E-state index contributed by atoms with van der Waals surface area (Å²) >= 11 is 0. The lowest BCUT2D eigenvalue weighted by Gasteiger charge is -2.62. The standard InChI is InChI=1S/C37H58O4Si/c1-26(2)13-12-14-27(3)31-17-18-32-30-20-24-37(40-41-42(6,7)8)25-29(39-34(38)28-15-10-9-11-16-28)19-23-36(37,5)33(30)21-22-35(31,32)4/h9-11,15-16,20,24,26-27,29-33H,12-14,17-19,21-23,25H2,1-8H3/t27-,29+,30+,31-,32+,33+,35-,36-,37-/m1/s1. The summed E-state index contributed by atoms with van der Waals surface area (Å²) in [6, 6.07) is 9.38. The molecule has 234 valence electrons. The van der Waals surface area contributed by atoms with E-state index in [4.69, 9.17) is 14.2 Å². The highest BCUT2D eigenvalue weighted by Crippen LogP contribution is 2.68. The molecular formula is C37H58O4Si. The van der Waals surface area contributed by atoms with Gasteiger partial charge in [0.2, 0.25) is 8.32 Å². The van der Waals surface area contributed by atoms with Gasteiger partial charge in [-0.2, -0.15) is 0 Å². The number of hydrogen-bond acceptors (Lipinski definition) is 4. The van der Waals surface area contributed by atoms with Gasteiger partial charge in [-0.15, -0.1) is 0 Å². The number of esters is 1. The highest BCUT2D eigenvalue weighted by Gasteiger charge is 2.65. The predicted molar refractivity (Wildman–Crippen MR) is 173 cm³/mol. The van der Waals surface area contributed by atoms with Crippen molar-refractivity contribution in [3.05, 3.63) is 48.0 Å². The topological polar surface area (TPSA) is 44.8 Å². The van der Waals surface area contributed by atoms with E-state index in [1.807, 2.05) is 30.3 Å². The average Bonchev–Trinajstić information content (AvgIpc) is 3.29. The Balaban J connectivity index is 1.38. The van der Waals surface area contributed by atoms with Crippen LogP contribution in [0.1, 0.15) is 109 Å². The third kappa shape index (κ3) is 6.09.